The Morgan fingerprint density at radius 1 is 1.04 bits per heavy atom. The van der Waals surface area contributed by atoms with Gasteiger partial charge in [0.15, 0.2) is 5.82 Å². The van der Waals surface area contributed by atoms with Crippen LogP contribution in [0.5, 0.6) is 0 Å². The van der Waals surface area contributed by atoms with Gasteiger partial charge in [0.05, 0.1) is 25.0 Å². The monoisotopic (exact) mass is 357 g/mol. The highest BCUT2D eigenvalue weighted by Gasteiger charge is 2.23. The molecular weight excluding hydrogens is 333 g/mol. The molecule has 2 aliphatic rings. The molecule has 1 aromatic heterocycles. The van der Waals surface area contributed by atoms with Gasteiger partial charge in [0.25, 0.3) is 0 Å². The topological polar surface area (TPSA) is 47.5 Å². The van der Waals surface area contributed by atoms with Crippen LogP contribution in [0.2, 0.25) is 0 Å². The second-order valence-electron chi connectivity index (χ2n) is 7.03. The fourth-order valence-electron chi connectivity index (χ4n) is 3.51. The lowest BCUT2D eigenvalue weighted by molar-refractivity contribution is 0.0131. The van der Waals surface area contributed by atoms with E-state index in [9.17, 15) is 4.39 Å². The molecule has 0 saturated carbocycles. The van der Waals surface area contributed by atoms with Crippen molar-refractivity contribution in [1.29, 1.82) is 0 Å². The van der Waals surface area contributed by atoms with Gasteiger partial charge in [-0.2, -0.15) is 0 Å². The summed E-state index contributed by atoms with van der Waals surface area (Å²) in [6.45, 7) is 4.39. The van der Waals surface area contributed by atoms with Gasteiger partial charge in [0.1, 0.15) is 5.82 Å². The van der Waals surface area contributed by atoms with E-state index in [2.05, 4.69) is 15.1 Å². The molecule has 2 fully saturated rings. The summed E-state index contributed by atoms with van der Waals surface area (Å²) in [6.07, 6.45) is 3.47. The first-order valence-corrected chi connectivity index (χ1v) is 9.32. The van der Waals surface area contributed by atoms with Crippen LogP contribution in [0.1, 0.15) is 19.3 Å². The molecule has 2 saturated heterocycles. The van der Waals surface area contributed by atoms with Gasteiger partial charge >= 0.3 is 0 Å². The van der Waals surface area contributed by atoms with Gasteiger partial charge in [0.2, 0.25) is 0 Å². The van der Waals surface area contributed by atoms with Crippen LogP contribution in [0.15, 0.2) is 36.4 Å². The Kier molecular flexibility index (Phi) is 5.41. The van der Waals surface area contributed by atoms with E-state index in [1.54, 1.807) is 12.1 Å². The molecule has 0 N–H and O–H groups in total. The number of ether oxygens (including phenoxy) is 2. The first kappa shape index (κ1) is 17.4. The van der Waals surface area contributed by atoms with Crippen molar-refractivity contribution >= 4 is 5.82 Å². The maximum Gasteiger partial charge on any atom is 0.151 e. The van der Waals surface area contributed by atoms with E-state index in [1.165, 1.54) is 12.1 Å². The van der Waals surface area contributed by atoms with E-state index in [0.29, 0.717) is 12.0 Å². The van der Waals surface area contributed by atoms with Crippen LogP contribution >= 0.6 is 0 Å². The number of piperidine rings is 1. The number of aromatic nitrogens is 2. The van der Waals surface area contributed by atoms with Crippen molar-refractivity contribution in [1.82, 2.24) is 10.2 Å². The second-order valence-corrected chi connectivity index (χ2v) is 7.03. The molecule has 1 unspecified atom stereocenters. The summed E-state index contributed by atoms with van der Waals surface area (Å²) in [5, 5.41) is 8.66. The number of benzene rings is 1. The van der Waals surface area contributed by atoms with Gasteiger partial charge in [-0.05, 0) is 55.7 Å². The number of nitrogens with zero attached hydrogens (tertiary/aromatic N) is 3. The maximum atomic E-state index is 13.0. The van der Waals surface area contributed by atoms with E-state index in [-0.39, 0.29) is 5.82 Å². The standard InChI is InChI=1S/C20H24FN3O2/c21-17-3-1-16(2-4-17)19-5-6-20(23-22-19)24-10-7-18(8-11-24)26-14-15-9-12-25-13-15/h1-6,15,18H,7-14H2. The van der Waals surface area contributed by atoms with Gasteiger partial charge in [-0.1, -0.05) is 0 Å². The summed E-state index contributed by atoms with van der Waals surface area (Å²) in [4.78, 5) is 2.25. The van der Waals surface area contributed by atoms with E-state index in [4.69, 9.17) is 9.47 Å². The summed E-state index contributed by atoms with van der Waals surface area (Å²) in [5.74, 6) is 1.21. The van der Waals surface area contributed by atoms with Gasteiger partial charge in [-0.25, -0.2) is 4.39 Å². The quantitative estimate of drug-likeness (QED) is 0.822. The van der Waals surface area contributed by atoms with Crippen molar-refractivity contribution in [3.8, 4) is 11.3 Å². The summed E-state index contributed by atoms with van der Waals surface area (Å²) >= 11 is 0. The van der Waals surface area contributed by atoms with Crippen molar-refractivity contribution < 1.29 is 13.9 Å². The molecule has 1 aromatic carbocycles. The predicted octanol–water partition coefficient (Wildman–Crippen LogP) is 3.30. The molecule has 2 aromatic rings. The Labute approximate surface area is 153 Å². The maximum absolute atomic E-state index is 13.0. The van der Waals surface area contributed by atoms with Gasteiger partial charge < -0.3 is 14.4 Å². The van der Waals surface area contributed by atoms with Crippen LogP contribution in [0.3, 0.4) is 0 Å². The molecule has 0 bridgehead atoms. The highest BCUT2D eigenvalue weighted by molar-refractivity contribution is 5.59. The molecule has 0 spiro atoms. The lowest BCUT2D eigenvalue weighted by Gasteiger charge is -2.32. The van der Waals surface area contributed by atoms with Crippen molar-refractivity contribution in [3.63, 3.8) is 0 Å². The van der Waals surface area contributed by atoms with Crippen molar-refractivity contribution in [3.05, 3.63) is 42.2 Å². The first-order valence-electron chi connectivity index (χ1n) is 9.32. The highest BCUT2D eigenvalue weighted by Crippen LogP contribution is 2.23. The van der Waals surface area contributed by atoms with Gasteiger partial charge in [-0.15, -0.1) is 10.2 Å². The van der Waals surface area contributed by atoms with Gasteiger partial charge in [0, 0.05) is 31.2 Å². The van der Waals surface area contributed by atoms with E-state index in [0.717, 1.165) is 69.2 Å². The van der Waals surface area contributed by atoms with Crippen LogP contribution in [-0.2, 0) is 9.47 Å². The zero-order valence-corrected chi connectivity index (χ0v) is 14.8. The summed E-state index contributed by atoms with van der Waals surface area (Å²) in [5.41, 5.74) is 1.62. The third-order valence-corrected chi connectivity index (χ3v) is 5.15. The molecule has 26 heavy (non-hydrogen) atoms. The molecule has 0 amide bonds. The Balaban J connectivity index is 1.29. The summed E-state index contributed by atoms with van der Waals surface area (Å²) < 4.78 is 24.5. The predicted molar refractivity (Wildman–Crippen MR) is 97.5 cm³/mol. The lowest BCUT2D eigenvalue weighted by Crippen LogP contribution is -2.38. The Bertz CT molecular complexity index is 694. The smallest absolute Gasteiger partial charge is 0.151 e. The lowest BCUT2D eigenvalue weighted by atomic mass is 10.1. The van der Waals surface area contributed by atoms with Crippen LogP contribution in [0.25, 0.3) is 11.3 Å². The molecule has 5 nitrogen and oxygen atoms in total. The molecular formula is C20H24FN3O2. The summed E-state index contributed by atoms with van der Waals surface area (Å²) in [6, 6.07) is 10.2. The minimum Gasteiger partial charge on any atom is -0.381 e. The number of anilines is 1. The van der Waals surface area contributed by atoms with Crippen molar-refractivity contribution in [2.75, 3.05) is 37.8 Å². The average Bonchev–Trinajstić information content (AvgIpc) is 3.21. The number of hydrogen-bond donors (Lipinski definition) is 0. The summed E-state index contributed by atoms with van der Waals surface area (Å²) in [7, 11) is 0. The number of hydrogen-bond acceptors (Lipinski definition) is 5. The fourth-order valence-corrected chi connectivity index (χ4v) is 3.51. The van der Waals surface area contributed by atoms with E-state index in [1.807, 2.05) is 12.1 Å². The Morgan fingerprint density at radius 2 is 1.85 bits per heavy atom. The number of rotatable bonds is 5. The normalized spacial score (nSPS) is 21.3. The van der Waals surface area contributed by atoms with Crippen LogP contribution in [0, 0.1) is 11.7 Å². The Morgan fingerprint density at radius 3 is 2.50 bits per heavy atom. The fraction of sp³-hybridized carbons (Fsp3) is 0.500. The minimum atomic E-state index is -0.246. The number of halogens is 1. The molecule has 0 radical (unpaired) electrons. The largest absolute Gasteiger partial charge is 0.381 e. The van der Waals surface area contributed by atoms with Crippen LogP contribution < -0.4 is 4.90 Å². The third kappa shape index (κ3) is 4.19. The van der Waals surface area contributed by atoms with Crippen molar-refractivity contribution in [2.24, 2.45) is 5.92 Å². The van der Waals surface area contributed by atoms with Gasteiger partial charge in [-0.3, -0.25) is 0 Å². The molecule has 4 rings (SSSR count). The molecule has 0 aliphatic carbocycles. The minimum absolute atomic E-state index is 0.246. The molecule has 138 valence electrons. The zero-order chi connectivity index (χ0) is 17.8. The molecule has 2 aliphatic heterocycles. The van der Waals surface area contributed by atoms with Crippen LogP contribution in [-0.4, -0.2) is 49.2 Å². The molecule has 6 heteroatoms. The third-order valence-electron chi connectivity index (χ3n) is 5.15. The first-order chi connectivity index (χ1) is 12.8. The molecule has 1 atom stereocenters. The zero-order valence-electron chi connectivity index (χ0n) is 14.8. The Hall–Kier alpha value is -2.05. The highest BCUT2D eigenvalue weighted by atomic mass is 19.1. The van der Waals surface area contributed by atoms with E-state index >= 15 is 0 Å². The SMILES string of the molecule is Fc1ccc(-c2ccc(N3CCC(OCC4CCOC4)CC3)nn2)cc1. The molecule has 3 heterocycles. The van der Waals surface area contributed by atoms with Crippen molar-refractivity contribution in [2.45, 2.75) is 25.4 Å². The van der Waals surface area contributed by atoms with E-state index < -0.39 is 0 Å². The average molecular weight is 357 g/mol. The van der Waals surface area contributed by atoms with Crippen LogP contribution in [0.4, 0.5) is 10.2 Å². The second kappa shape index (κ2) is 8.10.